The Morgan fingerprint density at radius 2 is 1.94 bits per heavy atom. The Bertz CT molecular complexity index is 209. The summed E-state index contributed by atoms with van der Waals surface area (Å²) in [6, 6.07) is 1.02. The van der Waals surface area contributed by atoms with Crippen molar-refractivity contribution in [1.82, 2.24) is 4.90 Å². The SMILES string of the molecule is CC(C)(C)C(N)CCN(CCCO)C1CCC1. The predicted molar refractivity (Wildman–Crippen MR) is 73.0 cm³/mol. The number of aliphatic hydroxyl groups excluding tert-OH is 1. The summed E-state index contributed by atoms with van der Waals surface area (Å²) in [6.07, 6.45) is 5.98. The van der Waals surface area contributed by atoms with E-state index in [9.17, 15) is 0 Å². The standard InChI is InChI=1S/C14H30N2O/c1-14(2,3)13(15)8-10-16(9-5-11-17)12-6-4-7-12/h12-13,17H,4-11,15H2,1-3H3. The molecular weight excluding hydrogens is 212 g/mol. The van der Waals surface area contributed by atoms with Crippen molar-refractivity contribution in [3.63, 3.8) is 0 Å². The zero-order valence-electron chi connectivity index (χ0n) is 11.8. The molecule has 1 aliphatic carbocycles. The van der Waals surface area contributed by atoms with Crippen molar-refractivity contribution in [2.45, 2.75) is 65.0 Å². The topological polar surface area (TPSA) is 49.5 Å². The number of hydrogen-bond acceptors (Lipinski definition) is 3. The first kappa shape index (κ1) is 14.9. The number of nitrogens with zero attached hydrogens (tertiary/aromatic N) is 1. The van der Waals surface area contributed by atoms with Crippen molar-refractivity contribution in [3.05, 3.63) is 0 Å². The molecule has 3 N–H and O–H groups in total. The van der Waals surface area contributed by atoms with Crippen LogP contribution < -0.4 is 5.73 Å². The fraction of sp³-hybridized carbons (Fsp3) is 1.00. The molecule has 1 atom stereocenters. The van der Waals surface area contributed by atoms with E-state index in [1.807, 2.05) is 0 Å². The van der Waals surface area contributed by atoms with Crippen molar-refractivity contribution >= 4 is 0 Å². The van der Waals surface area contributed by atoms with Gasteiger partial charge in [-0.05, 0) is 37.6 Å². The molecule has 0 aromatic rings. The normalized spacial score (nSPS) is 19.4. The van der Waals surface area contributed by atoms with Crippen LogP contribution >= 0.6 is 0 Å². The van der Waals surface area contributed by atoms with Crippen LogP contribution in [0.3, 0.4) is 0 Å². The molecule has 17 heavy (non-hydrogen) atoms. The van der Waals surface area contributed by atoms with Crippen molar-refractivity contribution in [3.8, 4) is 0 Å². The van der Waals surface area contributed by atoms with E-state index in [2.05, 4.69) is 25.7 Å². The third-order valence-electron chi connectivity index (χ3n) is 4.03. The second kappa shape index (κ2) is 6.72. The van der Waals surface area contributed by atoms with Gasteiger partial charge in [-0.25, -0.2) is 0 Å². The number of aliphatic hydroxyl groups is 1. The van der Waals surface area contributed by atoms with E-state index in [0.717, 1.165) is 32.0 Å². The molecule has 0 radical (unpaired) electrons. The summed E-state index contributed by atoms with van der Waals surface area (Å²) in [6.45, 7) is 9.03. The van der Waals surface area contributed by atoms with Crippen LogP contribution in [0.25, 0.3) is 0 Å². The fourth-order valence-corrected chi connectivity index (χ4v) is 2.24. The lowest BCUT2D eigenvalue weighted by molar-refractivity contribution is 0.107. The van der Waals surface area contributed by atoms with Gasteiger partial charge in [0, 0.05) is 25.2 Å². The van der Waals surface area contributed by atoms with Gasteiger partial charge in [-0.3, -0.25) is 0 Å². The largest absolute Gasteiger partial charge is 0.396 e. The predicted octanol–water partition coefficient (Wildman–Crippen LogP) is 1.99. The molecule has 1 aliphatic rings. The second-order valence-electron chi connectivity index (χ2n) is 6.46. The molecule has 0 aliphatic heterocycles. The molecule has 0 aromatic carbocycles. The minimum Gasteiger partial charge on any atom is -0.396 e. The Kier molecular flexibility index (Phi) is 5.90. The molecule has 3 nitrogen and oxygen atoms in total. The summed E-state index contributed by atoms with van der Waals surface area (Å²) in [5.41, 5.74) is 6.41. The highest BCUT2D eigenvalue weighted by atomic mass is 16.3. The van der Waals surface area contributed by atoms with Gasteiger partial charge in [-0.2, -0.15) is 0 Å². The van der Waals surface area contributed by atoms with Crippen LogP contribution in [0.2, 0.25) is 0 Å². The zero-order valence-corrected chi connectivity index (χ0v) is 11.8. The molecule has 0 aromatic heterocycles. The van der Waals surface area contributed by atoms with Gasteiger partial charge >= 0.3 is 0 Å². The van der Waals surface area contributed by atoms with Crippen molar-refractivity contribution in [2.75, 3.05) is 19.7 Å². The van der Waals surface area contributed by atoms with E-state index in [1.165, 1.54) is 19.3 Å². The second-order valence-corrected chi connectivity index (χ2v) is 6.46. The van der Waals surface area contributed by atoms with Crippen LogP contribution in [0, 0.1) is 5.41 Å². The number of rotatable bonds is 7. The van der Waals surface area contributed by atoms with Crippen LogP contribution in [0.1, 0.15) is 52.9 Å². The van der Waals surface area contributed by atoms with Gasteiger partial charge in [-0.1, -0.05) is 27.2 Å². The molecule has 1 fully saturated rings. The van der Waals surface area contributed by atoms with Crippen LogP contribution in [-0.2, 0) is 0 Å². The third-order valence-corrected chi connectivity index (χ3v) is 4.03. The van der Waals surface area contributed by atoms with Gasteiger partial charge in [0.1, 0.15) is 0 Å². The van der Waals surface area contributed by atoms with Gasteiger partial charge in [0.25, 0.3) is 0 Å². The van der Waals surface area contributed by atoms with Crippen LogP contribution in [0.5, 0.6) is 0 Å². The number of nitrogens with two attached hydrogens (primary N) is 1. The first-order valence-electron chi connectivity index (χ1n) is 7.05. The van der Waals surface area contributed by atoms with Gasteiger partial charge in [0.15, 0.2) is 0 Å². The minimum atomic E-state index is 0.197. The molecule has 0 bridgehead atoms. The first-order valence-corrected chi connectivity index (χ1v) is 7.05. The van der Waals surface area contributed by atoms with E-state index in [0.29, 0.717) is 6.61 Å². The summed E-state index contributed by atoms with van der Waals surface area (Å²) in [7, 11) is 0. The summed E-state index contributed by atoms with van der Waals surface area (Å²) < 4.78 is 0. The maximum absolute atomic E-state index is 8.94. The highest BCUT2D eigenvalue weighted by Gasteiger charge is 2.26. The fourth-order valence-electron chi connectivity index (χ4n) is 2.24. The summed E-state index contributed by atoms with van der Waals surface area (Å²) >= 11 is 0. The average molecular weight is 242 g/mol. The Morgan fingerprint density at radius 3 is 2.35 bits per heavy atom. The first-order chi connectivity index (χ1) is 7.95. The van der Waals surface area contributed by atoms with Crippen molar-refractivity contribution in [1.29, 1.82) is 0 Å². The van der Waals surface area contributed by atoms with Crippen LogP contribution in [-0.4, -0.2) is 41.8 Å². The maximum atomic E-state index is 8.94. The quantitative estimate of drug-likeness (QED) is 0.718. The van der Waals surface area contributed by atoms with Gasteiger partial charge in [-0.15, -0.1) is 0 Å². The molecule has 1 unspecified atom stereocenters. The summed E-state index contributed by atoms with van der Waals surface area (Å²) in [4.78, 5) is 2.53. The summed E-state index contributed by atoms with van der Waals surface area (Å²) in [5, 5.41) is 8.94. The van der Waals surface area contributed by atoms with Gasteiger partial charge in [0.05, 0.1) is 0 Å². The molecule has 0 saturated heterocycles. The van der Waals surface area contributed by atoms with E-state index in [1.54, 1.807) is 0 Å². The molecule has 102 valence electrons. The molecule has 0 heterocycles. The van der Waals surface area contributed by atoms with Crippen molar-refractivity contribution < 1.29 is 5.11 Å². The Hall–Kier alpha value is -0.120. The maximum Gasteiger partial charge on any atom is 0.0443 e. The Labute approximate surface area is 106 Å². The minimum absolute atomic E-state index is 0.197. The lowest BCUT2D eigenvalue weighted by Crippen LogP contribution is -2.45. The summed E-state index contributed by atoms with van der Waals surface area (Å²) in [5.74, 6) is 0. The molecular formula is C14H30N2O. The highest BCUT2D eigenvalue weighted by molar-refractivity contribution is 4.83. The van der Waals surface area contributed by atoms with Gasteiger partial charge < -0.3 is 15.7 Å². The smallest absolute Gasteiger partial charge is 0.0443 e. The van der Waals surface area contributed by atoms with Crippen LogP contribution in [0.15, 0.2) is 0 Å². The van der Waals surface area contributed by atoms with Crippen LogP contribution in [0.4, 0.5) is 0 Å². The molecule has 3 heteroatoms. The lowest BCUT2D eigenvalue weighted by Gasteiger charge is -2.39. The van der Waals surface area contributed by atoms with E-state index < -0.39 is 0 Å². The van der Waals surface area contributed by atoms with E-state index in [4.69, 9.17) is 10.8 Å². The Morgan fingerprint density at radius 1 is 1.29 bits per heavy atom. The lowest BCUT2D eigenvalue weighted by atomic mass is 9.85. The zero-order chi connectivity index (χ0) is 12.9. The third kappa shape index (κ3) is 4.94. The average Bonchev–Trinajstić information content (AvgIpc) is 2.17. The van der Waals surface area contributed by atoms with E-state index in [-0.39, 0.29) is 11.5 Å². The molecule has 0 amide bonds. The molecule has 1 saturated carbocycles. The van der Waals surface area contributed by atoms with Gasteiger partial charge in [0.2, 0.25) is 0 Å². The van der Waals surface area contributed by atoms with Crippen molar-refractivity contribution in [2.24, 2.45) is 11.1 Å². The Balaban J connectivity index is 2.32. The highest BCUT2D eigenvalue weighted by Crippen LogP contribution is 2.26. The van der Waals surface area contributed by atoms with E-state index >= 15 is 0 Å². The monoisotopic (exact) mass is 242 g/mol. The molecule has 0 spiro atoms. The molecule has 1 rings (SSSR count). The number of hydrogen-bond donors (Lipinski definition) is 2.